The van der Waals surface area contributed by atoms with Gasteiger partial charge in [-0.25, -0.2) is 4.79 Å². The Bertz CT molecular complexity index is 1150. The highest BCUT2D eigenvalue weighted by Crippen LogP contribution is 2.67. The van der Waals surface area contributed by atoms with E-state index in [1.165, 1.54) is 58.5 Å². The minimum absolute atomic E-state index is 0.0265. The van der Waals surface area contributed by atoms with Crippen molar-refractivity contribution in [1.82, 2.24) is 0 Å². The predicted molar refractivity (Wildman–Crippen MR) is 170 cm³/mol. The minimum Gasteiger partial charge on any atom is -0.504 e. The number of allylic oxidation sites excluding steroid dienone is 2. The number of carbonyl (C=O) groups excluding carboxylic acids is 1. The van der Waals surface area contributed by atoms with E-state index in [0.717, 1.165) is 60.8 Å². The molecule has 0 spiro atoms. The van der Waals surface area contributed by atoms with E-state index in [1.54, 1.807) is 5.57 Å². The van der Waals surface area contributed by atoms with Crippen LogP contribution in [-0.4, -0.2) is 53.5 Å². The Labute approximate surface area is 265 Å². The van der Waals surface area contributed by atoms with Gasteiger partial charge in [-0.05, 0) is 104 Å². The highest BCUT2D eigenvalue weighted by atomic mass is 16.6. The Morgan fingerprint density at radius 3 is 2.50 bits per heavy atom. The van der Waals surface area contributed by atoms with Gasteiger partial charge in [-0.3, -0.25) is 0 Å². The second kappa shape index (κ2) is 13.1. The molecule has 0 bridgehead atoms. The number of methoxy groups -OCH3 is 1. The van der Waals surface area contributed by atoms with Crippen LogP contribution in [0.3, 0.4) is 0 Å². The van der Waals surface area contributed by atoms with Crippen LogP contribution in [0.4, 0.5) is 0 Å². The molecule has 3 fully saturated rings. The van der Waals surface area contributed by atoms with Crippen molar-refractivity contribution >= 4 is 5.97 Å². The molecule has 8 atom stereocenters. The quantitative estimate of drug-likeness (QED) is 0.0965. The largest absolute Gasteiger partial charge is 0.504 e. The first-order valence-corrected chi connectivity index (χ1v) is 17.4. The van der Waals surface area contributed by atoms with Crippen LogP contribution < -0.4 is 0 Å². The van der Waals surface area contributed by atoms with Gasteiger partial charge in [-0.2, -0.15) is 0 Å². The molecule has 248 valence electrons. The highest BCUT2D eigenvalue weighted by molar-refractivity contribution is 5.89. The number of carbonyl (C=O) groups is 1. The molecule has 0 aliphatic heterocycles. The first kappa shape index (κ1) is 33.5. The number of hydrogen-bond acceptors (Lipinski definition) is 7. The molecule has 7 heteroatoms. The van der Waals surface area contributed by atoms with Crippen LogP contribution in [0.5, 0.6) is 0 Å². The Kier molecular flexibility index (Phi) is 10.00. The van der Waals surface area contributed by atoms with E-state index in [0.29, 0.717) is 5.41 Å². The summed E-state index contributed by atoms with van der Waals surface area (Å²) in [5.74, 6) is 0.920. The van der Waals surface area contributed by atoms with E-state index in [4.69, 9.17) is 14.2 Å². The van der Waals surface area contributed by atoms with E-state index >= 15 is 0 Å². The van der Waals surface area contributed by atoms with Gasteiger partial charge >= 0.3 is 5.97 Å². The van der Waals surface area contributed by atoms with Gasteiger partial charge in [-0.15, -0.1) is 0 Å². The molecular weight excluding hydrogens is 556 g/mol. The van der Waals surface area contributed by atoms with Crippen molar-refractivity contribution in [3.05, 3.63) is 34.8 Å². The maximum absolute atomic E-state index is 12.5. The number of fused-ring (bicyclic) bond motifs is 5. The molecule has 0 aromatic carbocycles. The summed E-state index contributed by atoms with van der Waals surface area (Å²) in [6.45, 7) is 12.8. The summed E-state index contributed by atoms with van der Waals surface area (Å²) in [6, 6.07) is 0. The molecule has 5 aliphatic carbocycles. The molecule has 0 saturated heterocycles. The van der Waals surface area contributed by atoms with Crippen LogP contribution in [0.15, 0.2) is 34.8 Å². The molecule has 5 aliphatic rings. The smallest absolute Gasteiger partial charge is 0.334 e. The number of ether oxygens (including phenoxy) is 3. The maximum atomic E-state index is 12.5. The SMILES string of the molecule is COC1=C(O)C=C(C(=O)OCCOC2CC[C@@]3(C)C(=CC[C@H]4[C@@H]5CC[C@H]([C@H](C)CCCC(C)C)[C@@]5(C)CC[C@@H]43)C2)CC1(O)O. The standard InChI is InChI=1S/C37H58O7/c1-23(2)8-7-9-24(3)29-12-13-30-28-11-10-26-21-27(14-16-35(26,4)31(28)15-17-36(29,30)5)43-18-19-44-34(39)25-20-32(38)33(42-6)37(40,41)22-25/h10,20,23-24,27-31,38,40-41H,7-9,11-19,21-22H2,1-6H3/t24-,27?,28+,29-,30+,31+,35+,36-/m1/s1. The molecule has 0 heterocycles. The number of rotatable bonds is 11. The Morgan fingerprint density at radius 2 is 1.80 bits per heavy atom. The average molecular weight is 615 g/mol. The van der Waals surface area contributed by atoms with Gasteiger partial charge in [0.15, 0.2) is 11.5 Å². The van der Waals surface area contributed by atoms with Gasteiger partial charge in [0, 0.05) is 12.0 Å². The van der Waals surface area contributed by atoms with Crippen LogP contribution in [0.25, 0.3) is 0 Å². The summed E-state index contributed by atoms with van der Waals surface area (Å²) in [5.41, 5.74) is 2.32. The van der Waals surface area contributed by atoms with Gasteiger partial charge in [0.1, 0.15) is 6.61 Å². The summed E-state index contributed by atoms with van der Waals surface area (Å²) < 4.78 is 16.4. The summed E-state index contributed by atoms with van der Waals surface area (Å²) in [4.78, 5) is 12.5. The lowest BCUT2D eigenvalue weighted by Gasteiger charge is -2.58. The van der Waals surface area contributed by atoms with Gasteiger partial charge in [0.05, 0.1) is 19.8 Å². The highest BCUT2D eigenvalue weighted by Gasteiger charge is 2.59. The van der Waals surface area contributed by atoms with Gasteiger partial charge in [0.2, 0.25) is 5.79 Å². The molecule has 3 saturated carbocycles. The fourth-order valence-corrected chi connectivity index (χ4v) is 10.5. The summed E-state index contributed by atoms with van der Waals surface area (Å²) in [7, 11) is 1.23. The minimum atomic E-state index is -2.46. The zero-order valence-electron chi connectivity index (χ0n) is 28.1. The van der Waals surface area contributed by atoms with E-state index in [9.17, 15) is 20.1 Å². The maximum Gasteiger partial charge on any atom is 0.334 e. The van der Waals surface area contributed by atoms with Gasteiger partial charge in [0.25, 0.3) is 0 Å². The molecule has 0 aromatic rings. The van der Waals surface area contributed by atoms with Crippen LogP contribution >= 0.6 is 0 Å². The lowest BCUT2D eigenvalue weighted by atomic mass is 9.47. The predicted octanol–water partition coefficient (Wildman–Crippen LogP) is 7.38. The number of esters is 1. The molecule has 0 radical (unpaired) electrons. The third-order valence-electron chi connectivity index (χ3n) is 12.7. The lowest BCUT2D eigenvalue weighted by molar-refractivity contribution is -0.165. The van der Waals surface area contributed by atoms with Crippen molar-refractivity contribution in [1.29, 1.82) is 0 Å². The first-order chi connectivity index (χ1) is 20.8. The van der Waals surface area contributed by atoms with Crippen LogP contribution in [-0.2, 0) is 19.0 Å². The third kappa shape index (κ3) is 6.40. The molecule has 0 aromatic heterocycles. The van der Waals surface area contributed by atoms with Crippen LogP contribution in [0.2, 0.25) is 0 Å². The molecule has 0 amide bonds. The van der Waals surface area contributed by atoms with Gasteiger partial charge < -0.3 is 29.5 Å². The fourth-order valence-electron chi connectivity index (χ4n) is 10.5. The monoisotopic (exact) mass is 614 g/mol. The van der Waals surface area contributed by atoms with Gasteiger partial charge in [-0.1, -0.05) is 65.5 Å². The summed E-state index contributed by atoms with van der Waals surface area (Å²) in [6.07, 6.45) is 17.5. The first-order valence-electron chi connectivity index (χ1n) is 17.4. The lowest BCUT2D eigenvalue weighted by Crippen LogP contribution is -2.51. The average Bonchev–Trinajstić information content (AvgIpc) is 3.31. The van der Waals surface area contributed by atoms with Crippen molar-refractivity contribution in [2.75, 3.05) is 20.3 Å². The molecule has 44 heavy (non-hydrogen) atoms. The zero-order valence-corrected chi connectivity index (χ0v) is 28.1. The number of aliphatic hydroxyl groups excluding tert-OH is 1. The Morgan fingerprint density at radius 1 is 1.02 bits per heavy atom. The van der Waals surface area contributed by atoms with Crippen molar-refractivity contribution in [2.24, 2.45) is 46.3 Å². The Hall–Kier alpha value is -1.83. The number of hydrogen-bond donors (Lipinski definition) is 3. The topological polar surface area (TPSA) is 105 Å². The van der Waals surface area contributed by atoms with Crippen LogP contribution in [0, 0.1) is 46.3 Å². The van der Waals surface area contributed by atoms with E-state index in [1.807, 2.05) is 0 Å². The third-order valence-corrected chi connectivity index (χ3v) is 12.7. The molecule has 5 rings (SSSR count). The number of aliphatic hydroxyl groups is 3. The van der Waals surface area contributed by atoms with Crippen molar-refractivity contribution in [3.8, 4) is 0 Å². The summed E-state index contributed by atoms with van der Waals surface area (Å²) in [5, 5.41) is 30.3. The van der Waals surface area contributed by atoms with E-state index in [2.05, 4.69) is 40.7 Å². The van der Waals surface area contributed by atoms with Crippen molar-refractivity contribution < 1.29 is 34.3 Å². The molecule has 1 unspecified atom stereocenters. The molecule has 7 nitrogen and oxygen atoms in total. The second-order valence-corrected chi connectivity index (χ2v) is 15.7. The van der Waals surface area contributed by atoms with Crippen LogP contribution in [0.1, 0.15) is 112 Å². The van der Waals surface area contributed by atoms with E-state index < -0.39 is 23.9 Å². The van der Waals surface area contributed by atoms with Crippen molar-refractivity contribution in [2.45, 2.75) is 124 Å². The van der Waals surface area contributed by atoms with E-state index in [-0.39, 0.29) is 36.1 Å². The zero-order chi connectivity index (χ0) is 31.9. The fraction of sp³-hybridized carbons (Fsp3) is 0.811. The Balaban J connectivity index is 1.13. The molecular formula is C37H58O7. The molecule has 3 N–H and O–H groups in total. The normalized spacial score (nSPS) is 37.0. The summed E-state index contributed by atoms with van der Waals surface area (Å²) >= 11 is 0. The second-order valence-electron chi connectivity index (χ2n) is 15.7. The van der Waals surface area contributed by atoms with Crippen molar-refractivity contribution in [3.63, 3.8) is 0 Å².